The van der Waals surface area contributed by atoms with Gasteiger partial charge in [0.05, 0.1) is 6.61 Å². The monoisotopic (exact) mass is 689 g/mol. The fourth-order valence-corrected chi connectivity index (χ4v) is 6.40. The Balaban J connectivity index is 0.00000289. The highest BCUT2D eigenvalue weighted by molar-refractivity contribution is 5.88. The molecule has 5 nitrogen and oxygen atoms in total. The molecule has 1 heterocycles. The second-order valence-corrected chi connectivity index (χ2v) is 14.8. The molecule has 0 radical (unpaired) electrons. The zero-order valence-corrected chi connectivity index (χ0v) is 33.1. The average molecular weight is 689 g/mol. The molecule has 288 valence electrons. The fourth-order valence-electron chi connectivity index (χ4n) is 6.40. The number of Topliss-reactive ketones (excluding diaryl/α,β-unsaturated/α-hetero) is 2. The summed E-state index contributed by atoms with van der Waals surface area (Å²) < 4.78 is 0. The predicted octanol–water partition coefficient (Wildman–Crippen LogP) is 11.7. The van der Waals surface area contributed by atoms with Gasteiger partial charge in [-0.1, -0.05) is 141 Å². The van der Waals surface area contributed by atoms with Crippen molar-refractivity contribution in [3.05, 3.63) is 24.3 Å². The standard InChI is InChI=1S/C39H72O3.C5H12N2/c1-3-5-7-9-11-13-15-17-19-21-23-25-27-29-31-33-38(41)35-37(36-40)39(42)34-32-30-28-26-24-22-20-18-16-14-12-10-8-6-4-2;1-7-4-2-6-3-5-7/h17-20,37,40H,3-16,21-36H2,1-2H3;6H,2-5H2,1H3/b19-17-,20-18-;. The van der Waals surface area contributed by atoms with Gasteiger partial charge in [-0.25, -0.2) is 0 Å². The van der Waals surface area contributed by atoms with E-state index in [1.54, 1.807) is 0 Å². The Labute approximate surface area is 305 Å². The molecule has 1 saturated heterocycles. The maximum absolute atomic E-state index is 12.5. The number of aliphatic hydroxyl groups is 1. The smallest absolute Gasteiger partial charge is 0.138 e. The number of nitrogens with zero attached hydrogens (tertiary/aromatic N) is 1. The van der Waals surface area contributed by atoms with E-state index in [4.69, 9.17) is 0 Å². The van der Waals surface area contributed by atoms with Crippen molar-refractivity contribution >= 4 is 11.6 Å². The number of nitrogens with one attached hydrogen (secondary N) is 1. The van der Waals surface area contributed by atoms with Crippen LogP contribution in [0.3, 0.4) is 0 Å². The Hall–Kier alpha value is -1.30. The first-order valence-corrected chi connectivity index (χ1v) is 21.4. The first kappa shape index (κ1) is 47.7. The van der Waals surface area contributed by atoms with Crippen LogP contribution in [-0.2, 0) is 9.59 Å². The maximum atomic E-state index is 12.5. The summed E-state index contributed by atoms with van der Waals surface area (Å²) in [5, 5.41) is 13.0. The highest BCUT2D eigenvalue weighted by Crippen LogP contribution is 2.16. The molecule has 2 N–H and O–H groups in total. The number of piperazine rings is 1. The quantitative estimate of drug-likeness (QED) is 0.0520. The molecule has 1 aliphatic heterocycles. The van der Waals surface area contributed by atoms with Crippen molar-refractivity contribution in [1.82, 2.24) is 10.2 Å². The number of rotatable bonds is 34. The van der Waals surface area contributed by atoms with Crippen LogP contribution in [-0.4, -0.2) is 61.4 Å². The Morgan fingerprint density at radius 3 is 1.31 bits per heavy atom. The summed E-state index contributed by atoms with van der Waals surface area (Å²) >= 11 is 0. The van der Waals surface area contributed by atoms with Crippen molar-refractivity contribution < 1.29 is 14.7 Å². The summed E-state index contributed by atoms with van der Waals surface area (Å²) in [4.78, 5) is 27.2. The van der Waals surface area contributed by atoms with E-state index in [1.165, 1.54) is 148 Å². The van der Waals surface area contributed by atoms with Crippen LogP contribution < -0.4 is 5.32 Å². The van der Waals surface area contributed by atoms with Gasteiger partial charge in [0, 0.05) is 51.4 Å². The molecule has 0 aromatic rings. The molecule has 0 saturated carbocycles. The molecule has 0 bridgehead atoms. The summed E-state index contributed by atoms with van der Waals surface area (Å²) in [5.74, 6) is -0.269. The first-order valence-electron chi connectivity index (χ1n) is 21.4. The molecule has 5 heteroatoms. The van der Waals surface area contributed by atoms with Crippen LogP contribution in [0.25, 0.3) is 0 Å². The van der Waals surface area contributed by atoms with Gasteiger partial charge in [-0.05, 0) is 71.3 Å². The lowest BCUT2D eigenvalue weighted by Crippen LogP contribution is -2.40. The minimum atomic E-state index is -0.489. The third-order valence-corrected chi connectivity index (χ3v) is 9.89. The Morgan fingerprint density at radius 2 is 0.939 bits per heavy atom. The van der Waals surface area contributed by atoms with Gasteiger partial charge >= 0.3 is 0 Å². The predicted molar refractivity (Wildman–Crippen MR) is 214 cm³/mol. The van der Waals surface area contributed by atoms with Crippen LogP contribution in [0.5, 0.6) is 0 Å². The lowest BCUT2D eigenvalue weighted by atomic mass is 9.93. The molecular formula is C44H84N2O3. The van der Waals surface area contributed by atoms with Gasteiger partial charge in [-0.15, -0.1) is 0 Å². The summed E-state index contributed by atoms with van der Waals surface area (Å²) in [7, 11) is 2.15. The van der Waals surface area contributed by atoms with Gasteiger partial charge in [-0.3, -0.25) is 9.59 Å². The molecule has 1 fully saturated rings. The van der Waals surface area contributed by atoms with Crippen LogP contribution in [0.15, 0.2) is 24.3 Å². The first-order chi connectivity index (χ1) is 24.0. The second-order valence-electron chi connectivity index (χ2n) is 14.8. The minimum Gasteiger partial charge on any atom is -0.396 e. The van der Waals surface area contributed by atoms with Crippen molar-refractivity contribution in [3.8, 4) is 0 Å². The normalized spacial score (nSPS) is 14.4. The van der Waals surface area contributed by atoms with E-state index in [-0.39, 0.29) is 24.6 Å². The molecule has 1 aliphatic rings. The number of hydrogen-bond acceptors (Lipinski definition) is 5. The lowest BCUT2D eigenvalue weighted by molar-refractivity contribution is -0.129. The number of unbranched alkanes of at least 4 members (excludes halogenated alkanes) is 22. The lowest BCUT2D eigenvalue weighted by Gasteiger charge is -2.21. The van der Waals surface area contributed by atoms with Crippen LogP contribution in [0.4, 0.5) is 0 Å². The largest absolute Gasteiger partial charge is 0.396 e. The van der Waals surface area contributed by atoms with Crippen LogP contribution in [0.1, 0.15) is 200 Å². The number of carbonyl (C=O) groups is 2. The van der Waals surface area contributed by atoms with Crippen molar-refractivity contribution in [2.75, 3.05) is 39.8 Å². The number of likely N-dealkylation sites (N-methyl/N-ethyl adjacent to an activating group) is 1. The third-order valence-electron chi connectivity index (χ3n) is 9.89. The maximum Gasteiger partial charge on any atom is 0.138 e. The van der Waals surface area contributed by atoms with Crippen molar-refractivity contribution in [2.45, 2.75) is 200 Å². The third kappa shape index (κ3) is 36.3. The Morgan fingerprint density at radius 1 is 0.571 bits per heavy atom. The van der Waals surface area contributed by atoms with Crippen molar-refractivity contribution in [1.29, 1.82) is 0 Å². The topological polar surface area (TPSA) is 69.6 Å². The van der Waals surface area contributed by atoms with Crippen LogP contribution in [0.2, 0.25) is 0 Å². The fraction of sp³-hybridized carbons (Fsp3) is 0.864. The average Bonchev–Trinajstić information content (AvgIpc) is 3.11. The zero-order valence-electron chi connectivity index (χ0n) is 33.1. The molecule has 0 aromatic carbocycles. The van der Waals surface area contributed by atoms with Crippen LogP contribution >= 0.6 is 0 Å². The van der Waals surface area contributed by atoms with Gasteiger partial charge in [0.1, 0.15) is 11.6 Å². The Kier molecular flexibility index (Phi) is 38.4. The van der Waals surface area contributed by atoms with E-state index in [2.05, 4.69) is 55.4 Å². The van der Waals surface area contributed by atoms with Gasteiger partial charge in [-0.2, -0.15) is 0 Å². The molecule has 0 aliphatic carbocycles. The van der Waals surface area contributed by atoms with Gasteiger partial charge in [0.25, 0.3) is 0 Å². The van der Waals surface area contributed by atoms with E-state index < -0.39 is 5.92 Å². The molecule has 49 heavy (non-hydrogen) atoms. The number of aliphatic hydroxyl groups excluding tert-OH is 1. The Bertz CT molecular complexity index is 759. The molecule has 0 spiro atoms. The summed E-state index contributed by atoms with van der Waals surface area (Å²) in [6.45, 7) is 9.08. The van der Waals surface area contributed by atoms with E-state index in [1.807, 2.05) is 0 Å². The second kappa shape index (κ2) is 39.5. The van der Waals surface area contributed by atoms with Gasteiger partial charge in [0.2, 0.25) is 0 Å². The molecular weight excluding hydrogens is 604 g/mol. The van der Waals surface area contributed by atoms with Crippen LogP contribution in [0, 0.1) is 5.92 Å². The van der Waals surface area contributed by atoms with E-state index in [0.29, 0.717) is 12.8 Å². The SMILES string of the molecule is CCCCCCCC/C=C\CCCCCCCC(=O)CC(CO)C(=O)CCCCCCC/C=C\CCCCCCCC.CN1CCNCC1. The number of hydrogen-bond donors (Lipinski definition) is 2. The summed E-state index contributed by atoms with van der Waals surface area (Å²) in [6.07, 6.45) is 43.0. The highest BCUT2D eigenvalue weighted by atomic mass is 16.3. The van der Waals surface area contributed by atoms with E-state index >= 15 is 0 Å². The van der Waals surface area contributed by atoms with E-state index in [0.717, 1.165) is 45.2 Å². The van der Waals surface area contributed by atoms with Gasteiger partial charge < -0.3 is 15.3 Å². The van der Waals surface area contributed by atoms with Crippen molar-refractivity contribution in [3.63, 3.8) is 0 Å². The summed E-state index contributed by atoms with van der Waals surface area (Å²) in [5.41, 5.74) is 0. The van der Waals surface area contributed by atoms with E-state index in [9.17, 15) is 14.7 Å². The molecule has 1 unspecified atom stereocenters. The van der Waals surface area contributed by atoms with Crippen molar-refractivity contribution in [2.24, 2.45) is 5.92 Å². The zero-order chi connectivity index (χ0) is 35.9. The number of allylic oxidation sites excluding steroid dienone is 4. The molecule has 0 amide bonds. The number of ketones is 2. The molecule has 1 rings (SSSR count). The summed E-state index contributed by atoms with van der Waals surface area (Å²) in [6, 6.07) is 0. The molecule has 1 atom stereocenters. The van der Waals surface area contributed by atoms with Gasteiger partial charge in [0.15, 0.2) is 0 Å². The highest BCUT2D eigenvalue weighted by Gasteiger charge is 2.20. The molecule has 0 aromatic heterocycles. The number of carbonyl (C=O) groups excluding carboxylic acids is 2. The minimum absolute atomic E-state index is 0.0769.